The Labute approximate surface area is 158 Å². The first kappa shape index (κ1) is 20.3. The molecule has 1 aromatic carbocycles. The summed E-state index contributed by atoms with van der Waals surface area (Å²) in [4.78, 5) is 24.4. The Morgan fingerprint density at radius 1 is 1.26 bits per heavy atom. The topological polar surface area (TPSA) is 100 Å². The van der Waals surface area contributed by atoms with E-state index in [1.807, 2.05) is 36.4 Å². The highest BCUT2D eigenvalue weighted by molar-refractivity contribution is 5.99. The first-order valence-corrected chi connectivity index (χ1v) is 8.87. The monoisotopic (exact) mass is 375 g/mol. The quantitative estimate of drug-likeness (QED) is 0.355. The lowest BCUT2D eigenvalue weighted by molar-refractivity contribution is 0.0541. The van der Waals surface area contributed by atoms with E-state index in [2.05, 4.69) is 10.6 Å². The van der Waals surface area contributed by atoms with Gasteiger partial charge in [-0.25, -0.2) is 20.0 Å². The van der Waals surface area contributed by atoms with E-state index < -0.39 is 18.2 Å². The zero-order chi connectivity index (χ0) is 19.8. The minimum atomic E-state index is -0.724. The molecular weight excluding hydrogens is 350 g/mol. The van der Waals surface area contributed by atoms with E-state index in [0.29, 0.717) is 12.1 Å². The molecule has 2 rings (SSSR count). The fraction of sp³-hybridized carbons (Fsp3) is 0.421. The number of hydrazine groups is 1. The van der Waals surface area contributed by atoms with Crippen molar-refractivity contribution in [2.45, 2.75) is 39.2 Å². The Balaban J connectivity index is 2.36. The molecule has 1 aliphatic rings. The van der Waals surface area contributed by atoms with Crippen LogP contribution in [0.25, 0.3) is 0 Å². The zero-order valence-corrected chi connectivity index (χ0v) is 15.7. The number of ether oxygens (including phenoxy) is 2. The van der Waals surface area contributed by atoms with Crippen molar-refractivity contribution in [3.8, 4) is 0 Å². The van der Waals surface area contributed by atoms with Crippen LogP contribution >= 0.6 is 0 Å². The average Bonchev–Trinajstić information content (AvgIpc) is 3.15. The van der Waals surface area contributed by atoms with Gasteiger partial charge in [-0.1, -0.05) is 41.6 Å². The number of hydrogen-bond donors (Lipinski definition) is 2. The van der Waals surface area contributed by atoms with Crippen LogP contribution in [0.3, 0.4) is 0 Å². The Morgan fingerprint density at radius 3 is 2.63 bits per heavy atom. The van der Waals surface area contributed by atoms with Gasteiger partial charge in [-0.15, -0.1) is 0 Å². The third-order valence-electron chi connectivity index (χ3n) is 4.28. The molecule has 8 heteroatoms. The van der Waals surface area contributed by atoms with Gasteiger partial charge in [0.1, 0.15) is 0 Å². The number of carbonyl (C=O) groups excluding carboxylic acids is 2. The second-order valence-electron chi connectivity index (χ2n) is 5.93. The molecule has 0 bridgehead atoms. The largest absolute Gasteiger partial charge is 0.449 e. The van der Waals surface area contributed by atoms with Crippen molar-refractivity contribution in [1.29, 1.82) is 0 Å². The van der Waals surface area contributed by atoms with E-state index in [-0.39, 0.29) is 19.1 Å². The number of oxime groups is 1. The smallest absolute Gasteiger partial charge is 0.429 e. The van der Waals surface area contributed by atoms with Gasteiger partial charge in [0, 0.05) is 11.5 Å². The third kappa shape index (κ3) is 4.78. The molecule has 0 unspecified atom stereocenters. The first-order valence-electron chi connectivity index (χ1n) is 8.87. The molecule has 1 aliphatic carbocycles. The van der Waals surface area contributed by atoms with E-state index in [0.717, 1.165) is 11.1 Å². The maximum atomic E-state index is 12.5. The molecule has 0 saturated carbocycles. The summed E-state index contributed by atoms with van der Waals surface area (Å²) >= 11 is 0. The van der Waals surface area contributed by atoms with Gasteiger partial charge in [-0.2, -0.15) is 0 Å². The maximum absolute atomic E-state index is 12.5. The van der Waals surface area contributed by atoms with Crippen molar-refractivity contribution in [3.63, 3.8) is 0 Å². The van der Waals surface area contributed by atoms with Crippen molar-refractivity contribution in [2.24, 2.45) is 5.16 Å². The molecule has 1 aromatic rings. The minimum absolute atomic E-state index is 0.178. The summed E-state index contributed by atoms with van der Waals surface area (Å²) in [6, 6.07) is 7.08. The molecule has 0 aromatic heterocycles. The van der Waals surface area contributed by atoms with Gasteiger partial charge in [0.2, 0.25) is 0 Å². The van der Waals surface area contributed by atoms with E-state index in [1.54, 1.807) is 20.8 Å². The highest BCUT2D eigenvalue weighted by Gasteiger charge is 2.36. The number of carbonyl (C=O) groups is 2. The highest BCUT2D eigenvalue weighted by atomic mass is 16.6. The number of hydrogen-bond acceptors (Lipinski definition) is 6. The van der Waals surface area contributed by atoms with Crippen LogP contribution in [0, 0.1) is 0 Å². The molecule has 2 atom stereocenters. The van der Waals surface area contributed by atoms with E-state index in [4.69, 9.17) is 9.47 Å². The predicted molar refractivity (Wildman–Crippen MR) is 99.7 cm³/mol. The molecule has 146 valence electrons. The average molecular weight is 375 g/mol. The first-order chi connectivity index (χ1) is 13.0. The summed E-state index contributed by atoms with van der Waals surface area (Å²) in [5.41, 5.74) is 4.59. The summed E-state index contributed by atoms with van der Waals surface area (Å²) in [5.74, 6) is -0.218. The Morgan fingerprint density at radius 2 is 1.96 bits per heavy atom. The van der Waals surface area contributed by atoms with Crippen molar-refractivity contribution >= 4 is 17.9 Å². The maximum Gasteiger partial charge on any atom is 0.429 e. The second kappa shape index (κ2) is 9.61. The van der Waals surface area contributed by atoms with Crippen LogP contribution in [-0.2, 0) is 9.47 Å². The van der Waals surface area contributed by atoms with Crippen LogP contribution in [0.5, 0.6) is 0 Å². The van der Waals surface area contributed by atoms with E-state index in [9.17, 15) is 14.8 Å². The number of nitrogens with one attached hydrogen (secondary N) is 1. The number of nitrogens with zero attached hydrogens (tertiary/aromatic N) is 2. The fourth-order valence-corrected chi connectivity index (χ4v) is 3.11. The number of benzene rings is 1. The fourth-order valence-electron chi connectivity index (χ4n) is 3.11. The lowest BCUT2D eigenvalue weighted by atomic mass is 9.89. The number of rotatable bonds is 5. The second-order valence-corrected chi connectivity index (χ2v) is 5.93. The van der Waals surface area contributed by atoms with Crippen molar-refractivity contribution in [3.05, 3.63) is 47.5 Å². The minimum Gasteiger partial charge on any atom is -0.449 e. The van der Waals surface area contributed by atoms with Gasteiger partial charge in [-0.05, 0) is 32.8 Å². The SMILES string of the molecule is CCOC(=O)NN(C(=O)OCC)[C@H]1CC=C[C@@H]1c1ccccc1/C(C)=N/O. The van der Waals surface area contributed by atoms with Crippen LogP contribution in [-0.4, -0.2) is 47.4 Å². The van der Waals surface area contributed by atoms with Gasteiger partial charge >= 0.3 is 12.2 Å². The predicted octanol–water partition coefficient (Wildman–Crippen LogP) is 3.42. The summed E-state index contributed by atoms with van der Waals surface area (Å²) in [6.45, 7) is 5.44. The van der Waals surface area contributed by atoms with E-state index >= 15 is 0 Å². The van der Waals surface area contributed by atoms with Crippen LogP contribution in [0.15, 0.2) is 41.6 Å². The summed E-state index contributed by atoms with van der Waals surface area (Å²) in [7, 11) is 0. The normalized spacial score (nSPS) is 18.9. The molecule has 8 nitrogen and oxygen atoms in total. The van der Waals surface area contributed by atoms with Crippen LogP contribution in [0.1, 0.15) is 44.2 Å². The molecule has 27 heavy (non-hydrogen) atoms. The zero-order valence-electron chi connectivity index (χ0n) is 15.7. The van der Waals surface area contributed by atoms with Gasteiger partial charge in [-0.3, -0.25) is 0 Å². The summed E-state index contributed by atoms with van der Waals surface area (Å²) in [6.07, 6.45) is 3.05. The van der Waals surface area contributed by atoms with Crippen molar-refractivity contribution in [1.82, 2.24) is 10.4 Å². The van der Waals surface area contributed by atoms with Crippen LogP contribution < -0.4 is 5.43 Å². The standard InChI is InChI=1S/C19H25N3O5/c1-4-26-18(23)20-22(19(24)27-5-2)17-12-8-11-16(17)15-10-7-6-9-14(15)13(3)21-25/h6-11,16-17,25H,4-5,12H2,1-3H3,(H,20,23)/b21-13+/t16-,17+/m1/s1. The van der Waals surface area contributed by atoms with Gasteiger partial charge in [0.05, 0.1) is 25.0 Å². The van der Waals surface area contributed by atoms with Gasteiger partial charge < -0.3 is 14.7 Å². The number of amides is 2. The van der Waals surface area contributed by atoms with Crippen molar-refractivity contribution in [2.75, 3.05) is 13.2 Å². The summed E-state index contributed by atoms with van der Waals surface area (Å²) in [5, 5.41) is 13.6. The molecule has 0 radical (unpaired) electrons. The lowest BCUT2D eigenvalue weighted by Gasteiger charge is -2.32. The van der Waals surface area contributed by atoms with Gasteiger partial charge in [0.15, 0.2) is 0 Å². The highest BCUT2D eigenvalue weighted by Crippen LogP contribution is 2.34. The molecule has 0 fully saturated rings. The molecule has 2 amide bonds. The van der Waals surface area contributed by atoms with Crippen LogP contribution in [0.2, 0.25) is 0 Å². The summed E-state index contributed by atoms with van der Waals surface area (Å²) < 4.78 is 10.0. The molecule has 0 heterocycles. The molecule has 0 aliphatic heterocycles. The molecule has 2 N–H and O–H groups in total. The van der Waals surface area contributed by atoms with Gasteiger partial charge in [0.25, 0.3) is 0 Å². The molecule has 0 spiro atoms. The molecular formula is C19H25N3O5. The Kier molecular flexibility index (Phi) is 7.22. The lowest BCUT2D eigenvalue weighted by Crippen LogP contribution is -2.53. The Hall–Kier alpha value is -3.03. The molecule has 0 saturated heterocycles. The van der Waals surface area contributed by atoms with Crippen LogP contribution in [0.4, 0.5) is 9.59 Å². The van der Waals surface area contributed by atoms with E-state index in [1.165, 1.54) is 5.01 Å². The Bertz CT molecular complexity index is 732. The van der Waals surface area contributed by atoms with Crippen molar-refractivity contribution < 1.29 is 24.3 Å². The third-order valence-corrected chi connectivity index (χ3v) is 4.28.